The molecule has 0 saturated carbocycles. The van der Waals surface area contributed by atoms with Gasteiger partial charge >= 0.3 is 0 Å². The molecule has 2 aromatic rings. The van der Waals surface area contributed by atoms with Gasteiger partial charge in [0.25, 0.3) is 0 Å². The van der Waals surface area contributed by atoms with E-state index in [9.17, 15) is 8.78 Å². The van der Waals surface area contributed by atoms with Gasteiger partial charge in [-0.15, -0.1) is 0 Å². The van der Waals surface area contributed by atoms with Crippen molar-refractivity contribution in [3.63, 3.8) is 0 Å². The summed E-state index contributed by atoms with van der Waals surface area (Å²) in [6, 6.07) is 6.39. The molecule has 0 amide bonds. The van der Waals surface area contributed by atoms with Gasteiger partial charge in [-0.3, -0.25) is 0 Å². The van der Waals surface area contributed by atoms with Gasteiger partial charge in [-0.05, 0) is 35.4 Å². The first-order valence-electron chi connectivity index (χ1n) is 13.3. The molecule has 180 valence electrons. The van der Waals surface area contributed by atoms with E-state index in [-0.39, 0.29) is 11.6 Å². The van der Waals surface area contributed by atoms with Crippen molar-refractivity contribution >= 4 is 0 Å². The van der Waals surface area contributed by atoms with Gasteiger partial charge in [-0.1, -0.05) is 114 Å². The van der Waals surface area contributed by atoms with Crippen molar-refractivity contribution < 1.29 is 8.78 Å². The Balaban J connectivity index is 1.74. The highest BCUT2D eigenvalue weighted by atomic mass is 19.1. The highest BCUT2D eigenvalue weighted by Crippen LogP contribution is 2.23. The number of unbranched alkanes of at least 4 members (excludes halogenated alkanes) is 12. The monoisotopic (exact) mass is 460 g/mol. The van der Waals surface area contributed by atoms with Gasteiger partial charge < -0.3 is 0 Å². The van der Waals surface area contributed by atoms with Crippen LogP contribution in [0.15, 0.2) is 24.3 Å². The summed E-state index contributed by atoms with van der Waals surface area (Å²) in [5.41, 5.74) is 0.877. The molecule has 1 aliphatic rings. The standard InChI is InChI=1S/C32H38F2/c1-3-5-7-9-11-13-15-17-19-25-29(33)23-21-27-31(25)28-22-24-30(34)26(32(27)28)20-18-16-14-12-10-8-6-4-2/h21-24H,3-16H2,1-2H3. The van der Waals surface area contributed by atoms with Gasteiger partial charge in [-0.2, -0.15) is 0 Å². The first-order valence-corrected chi connectivity index (χ1v) is 13.3. The van der Waals surface area contributed by atoms with Gasteiger partial charge in [0.2, 0.25) is 0 Å². The molecule has 0 N–H and O–H groups in total. The number of fused-ring (bicyclic) bond motifs is 2. The molecular formula is C32H38F2. The van der Waals surface area contributed by atoms with E-state index in [1.807, 2.05) is 0 Å². The fourth-order valence-corrected chi connectivity index (χ4v) is 4.60. The van der Waals surface area contributed by atoms with Crippen LogP contribution in [-0.2, 0) is 0 Å². The Hall–Kier alpha value is -2.58. The first-order chi connectivity index (χ1) is 16.7. The van der Waals surface area contributed by atoms with E-state index in [1.165, 1.54) is 76.3 Å². The lowest BCUT2D eigenvalue weighted by Gasteiger charge is -2.10. The van der Waals surface area contributed by atoms with Crippen LogP contribution in [0.1, 0.15) is 115 Å². The topological polar surface area (TPSA) is 0 Å². The van der Waals surface area contributed by atoms with Crippen LogP contribution in [0.25, 0.3) is 0 Å². The van der Waals surface area contributed by atoms with Crippen molar-refractivity contribution in [3.05, 3.63) is 67.9 Å². The SMILES string of the molecule is CCCCCCCCC#Cc1c(F)ccc2c1=c1ccc(F)c(C#CCCCCCCCC)c1=2. The van der Waals surface area contributed by atoms with E-state index in [0.29, 0.717) is 11.1 Å². The number of rotatable bonds is 12. The molecule has 0 saturated heterocycles. The lowest BCUT2D eigenvalue weighted by atomic mass is 9.93. The summed E-state index contributed by atoms with van der Waals surface area (Å²) < 4.78 is 29.3. The summed E-state index contributed by atoms with van der Waals surface area (Å²) in [4.78, 5) is 0. The third kappa shape index (κ3) is 6.73. The quantitative estimate of drug-likeness (QED) is 0.187. The minimum absolute atomic E-state index is 0.306. The number of hydrogen-bond acceptors (Lipinski definition) is 0. The van der Waals surface area contributed by atoms with E-state index in [4.69, 9.17) is 0 Å². The Kier molecular flexibility index (Phi) is 10.7. The van der Waals surface area contributed by atoms with Crippen molar-refractivity contribution in [2.45, 2.75) is 104 Å². The van der Waals surface area contributed by atoms with Crippen molar-refractivity contribution in [1.29, 1.82) is 0 Å². The molecule has 2 aromatic carbocycles. The molecule has 1 aliphatic carbocycles. The van der Waals surface area contributed by atoms with Crippen LogP contribution in [-0.4, -0.2) is 0 Å². The van der Waals surface area contributed by atoms with E-state index in [0.717, 1.165) is 46.6 Å². The fourth-order valence-electron chi connectivity index (χ4n) is 4.60. The number of hydrogen-bond donors (Lipinski definition) is 0. The molecule has 0 heterocycles. The lowest BCUT2D eigenvalue weighted by Crippen LogP contribution is -2.02. The zero-order valence-corrected chi connectivity index (χ0v) is 21.0. The molecular weight excluding hydrogens is 422 g/mol. The average molecular weight is 461 g/mol. The van der Waals surface area contributed by atoms with E-state index < -0.39 is 0 Å². The van der Waals surface area contributed by atoms with Gasteiger partial charge in [-0.25, -0.2) is 8.78 Å². The van der Waals surface area contributed by atoms with E-state index in [1.54, 1.807) is 12.1 Å². The molecule has 0 bridgehead atoms. The summed E-state index contributed by atoms with van der Waals surface area (Å²) in [7, 11) is 0. The molecule has 0 aliphatic heterocycles. The predicted molar refractivity (Wildman–Crippen MR) is 138 cm³/mol. The molecule has 3 rings (SSSR count). The van der Waals surface area contributed by atoms with Crippen LogP contribution >= 0.6 is 0 Å². The third-order valence-electron chi connectivity index (χ3n) is 6.59. The minimum Gasteiger partial charge on any atom is -0.206 e. The Morgan fingerprint density at radius 2 is 0.912 bits per heavy atom. The Bertz CT molecular complexity index is 1140. The summed E-state index contributed by atoms with van der Waals surface area (Å²) in [5.74, 6) is 11.9. The van der Waals surface area contributed by atoms with Crippen LogP contribution in [0.3, 0.4) is 0 Å². The lowest BCUT2D eigenvalue weighted by molar-refractivity contribution is 0.613. The molecule has 0 aromatic heterocycles. The number of benzene rings is 2. The molecule has 0 unspecified atom stereocenters. The highest BCUT2D eigenvalue weighted by Gasteiger charge is 2.14. The maximum absolute atomic E-state index is 14.6. The smallest absolute Gasteiger partial charge is 0.139 e. The summed E-state index contributed by atoms with van der Waals surface area (Å²) in [5, 5.41) is 3.35. The Morgan fingerprint density at radius 1 is 0.529 bits per heavy atom. The third-order valence-corrected chi connectivity index (χ3v) is 6.59. The Labute approximate surface area is 204 Å². The number of halogens is 2. The summed E-state index contributed by atoms with van der Waals surface area (Å²) in [6.45, 7) is 4.43. The van der Waals surface area contributed by atoms with Gasteiger partial charge in [0.15, 0.2) is 0 Å². The average Bonchev–Trinajstić information content (AvgIpc) is 2.83. The highest BCUT2D eigenvalue weighted by molar-refractivity contribution is 5.49. The molecule has 0 fully saturated rings. The molecule has 0 radical (unpaired) electrons. The largest absolute Gasteiger partial charge is 0.206 e. The second kappa shape index (κ2) is 14.0. The van der Waals surface area contributed by atoms with Gasteiger partial charge in [0.1, 0.15) is 11.6 Å². The zero-order valence-electron chi connectivity index (χ0n) is 21.0. The van der Waals surface area contributed by atoms with Crippen molar-refractivity contribution in [1.82, 2.24) is 0 Å². The second-order valence-electron chi connectivity index (χ2n) is 9.33. The van der Waals surface area contributed by atoms with Crippen molar-refractivity contribution in [2.75, 3.05) is 0 Å². The maximum atomic E-state index is 14.6. The second-order valence-corrected chi connectivity index (χ2v) is 9.33. The molecule has 0 spiro atoms. The Morgan fingerprint density at radius 3 is 1.32 bits per heavy atom. The van der Waals surface area contributed by atoms with Gasteiger partial charge in [0.05, 0.1) is 11.1 Å². The molecule has 34 heavy (non-hydrogen) atoms. The van der Waals surface area contributed by atoms with Crippen molar-refractivity contribution in [3.8, 4) is 23.7 Å². The van der Waals surface area contributed by atoms with Crippen LogP contribution in [0, 0.1) is 56.2 Å². The van der Waals surface area contributed by atoms with Crippen LogP contribution in [0.5, 0.6) is 0 Å². The first kappa shape index (κ1) is 26.0. The van der Waals surface area contributed by atoms with Crippen LogP contribution < -0.4 is 0 Å². The van der Waals surface area contributed by atoms with E-state index in [2.05, 4.69) is 37.5 Å². The van der Waals surface area contributed by atoms with Crippen LogP contribution in [0.4, 0.5) is 8.78 Å². The zero-order chi connectivity index (χ0) is 24.2. The van der Waals surface area contributed by atoms with Crippen molar-refractivity contribution in [2.24, 2.45) is 0 Å². The van der Waals surface area contributed by atoms with Gasteiger partial charge in [0, 0.05) is 23.3 Å². The maximum Gasteiger partial charge on any atom is 0.139 e. The molecule has 0 nitrogen and oxygen atoms in total. The summed E-state index contributed by atoms with van der Waals surface area (Å²) >= 11 is 0. The summed E-state index contributed by atoms with van der Waals surface area (Å²) in [6.07, 6.45) is 16.1. The normalized spacial score (nSPS) is 10.9. The van der Waals surface area contributed by atoms with Crippen LogP contribution in [0.2, 0.25) is 0 Å². The molecule has 0 atom stereocenters. The predicted octanol–water partition coefficient (Wildman–Crippen LogP) is 9.06. The minimum atomic E-state index is -0.306. The molecule has 2 heteroatoms. The fraction of sp³-hybridized carbons (Fsp3) is 0.500. The van der Waals surface area contributed by atoms with E-state index >= 15 is 0 Å².